The number of esters is 1. The van der Waals surface area contributed by atoms with Crippen LogP contribution in [0.3, 0.4) is 0 Å². The van der Waals surface area contributed by atoms with Crippen LogP contribution >= 0.6 is 0 Å². The second-order valence-electron chi connectivity index (χ2n) is 6.16. The average molecular weight is 206 g/mol. The second kappa shape index (κ2) is 1.75. The van der Waals surface area contributed by atoms with E-state index in [0.29, 0.717) is 42.1 Å². The summed E-state index contributed by atoms with van der Waals surface area (Å²) in [6.45, 7) is 0.347. The summed E-state index contributed by atoms with van der Waals surface area (Å²) in [5, 5.41) is 9.40. The highest BCUT2D eigenvalue weighted by Crippen LogP contribution is 3.01. The lowest BCUT2D eigenvalue weighted by Crippen LogP contribution is -2.24. The van der Waals surface area contributed by atoms with Crippen molar-refractivity contribution >= 4 is 5.97 Å². The van der Waals surface area contributed by atoms with Gasteiger partial charge in [-0.15, -0.1) is 0 Å². The van der Waals surface area contributed by atoms with Crippen molar-refractivity contribution in [1.82, 2.24) is 0 Å². The first kappa shape index (κ1) is 7.66. The van der Waals surface area contributed by atoms with Crippen LogP contribution in [0.1, 0.15) is 0 Å². The first-order chi connectivity index (χ1) is 7.30. The Morgan fingerprint density at radius 2 is 1.80 bits per heavy atom. The molecule has 0 heterocycles. The Kier molecular flexibility index (Phi) is 0.894. The number of hydrogen-bond donors (Lipinski definition) is 1. The largest absolute Gasteiger partial charge is 0.469 e. The van der Waals surface area contributed by atoms with Gasteiger partial charge < -0.3 is 9.84 Å². The fraction of sp³-hybridized carbons (Fsp3) is 0.917. The zero-order valence-electron chi connectivity index (χ0n) is 8.59. The van der Waals surface area contributed by atoms with Gasteiger partial charge in [0.25, 0.3) is 0 Å². The number of carbonyl (C=O) groups is 1. The third-order valence-electron chi connectivity index (χ3n) is 6.52. The lowest BCUT2D eigenvalue weighted by Gasteiger charge is -2.17. The van der Waals surface area contributed by atoms with E-state index in [1.54, 1.807) is 0 Å². The minimum absolute atomic E-state index is 0.0366. The van der Waals surface area contributed by atoms with Gasteiger partial charge in [-0.25, -0.2) is 0 Å². The van der Waals surface area contributed by atoms with Crippen LogP contribution in [0.25, 0.3) is 0 Å². The molecule has 80 valence electrons. The topological polar surface area (TPSA) is 46.5 Å². The van der Waals surface area contributed by atoms with Crippen LogP contribution in [0.5, 0.6) is 0 Å². The van der Waals surface area contributed by atoms with Gasteiger partial charge in [-0.3, -0.25) is 4.79 Å². The smallest absolute Gasteiger partial charge is 0.312 e. The molecule has 15 heavy (non-hydrogen) atoms. The van der Waals surface area contributed by atoms with Crippen molar-refractivity contribution in [2.45, 2.75) is 0 Å². The van der Waals surface area contributed by atoms with Crippen LogP contribution in [-0.2, 0) is 9.53 Å². The average Bonchev–Trinajstić information content (AvgIpc) is 3.04. The summed E-state index contributed by atoms with van der Waals surface area (Å²) in [4.78, 5) is 11.9. The number of aliphatic hydroxyl groups is 1. The summed E-state index contributed by atoms with van der Waals surface area (Å²) in [5.74, 6) is 5.42. The highest BCUT2D eigenvalue weighted by Gasteiger charge is 3.02. The Labute approximate surface area is 87.8 Å². The number of methoxy groups -OCH3 is 1. The standard InChI is InChI=1S/C12H14O3/c1-15-11(14)12-8-6-4-3(2-13)5(7(6)8)10(12)9(4)12/h3-10,13H,2H2,1H3. The maximum atomic E-state index is 11.9. The van der Waals surface area contributed by atoms with Crippen LogP contribution in [0, 0.1) is 52.8 Å². The van der Waals surface area contributed by atoms with Crippen molar-refractivity contribution in [1.29, 1.82) is 0 Å². The zero-order chi connectivity index (χ0) is 10.1. The van der Waals surface area contributed by atoms with Gasteiger partial charge in [-0.05, 0) is 47.3 Å². The molecule has 6 rings (SSSR count). The molecule has 0 radical (unpaired) electrons. The summed E-state index contributed by atoms with van der Waals surface area (Å²) in [6, 6.07) is 0. The van der Waals surface area contributed by atoms with Gasteiger partial charge in [-0.2, -0.15) is 0 Å². The summed E-state index contributed by atoms with van der Waals surface area (Å²) < 4.78 is 5.01. The van der Waals surface area contributed by atoms with Gasteiger partial charge in [0.15, 0.2) is 0 Å². The fourth-order valence-electron chi connectivity index (χ4n) is 6.68. The van der Waals surface area contributed by atoms with Crippen molar-refractivity contribution in [2.75, 3.05) is 13.7 Å². The van der Waals surface area contributed by atoms with Crippen molar-refractivity contribution in [3.05, 3.63) is 0 Å². The summed E-state index contributed by atoms with van der Waals surface area (Å²) in [5.41, 5.74) is -0.0366. The molecule has 6 atom stereocenters. The lowest BCUT2D eigenvalue weighted by molar-refractivity contribution is -0.148. The van der Waals surface area contributed by atoms with E-state index < -0.39 is 0 Å². The Bertz CT molecular complexity index is 380. The van der Waals surface area contributed by atoms with E-state index in [2.05, 4.69) is 0 Å². The molecule has 0 saturated heterocycles. The third-order valence-corrected chi connectivity index (χ3v) is 6.52. The Hall–Kier alpha value is -0.570. The predicted molar refractivity (Wildman–Crippen MR) is 49.5 cm³/mol. The van der Waals surface area contributed by atoms with Gasteiger partial charge in [0.05, 0.1) is 12.5 Å². The maximum Gasteiger partial charge on any atom is 0.312 e. The first-order valence-electron chi connectivity index (χ1n) is 5.99. The lowest BCUT2D eigenvalue weighted by atomic mass is 9.90. The molecule has 0 aromatic heterocycles. The molecular weight excluding hydrogens is 192 g/mol. The van der Waals surface area contributed by atoms with Gasteiger partial charge in [0.1, 0.15) is 0 Å². The molecule has 0 aromatic carbocycles. The van der Waals surface area contributed by atoms with E-state index >= 15 is 0 Å². The second-order valence-corrected chi connectivity index (χ2v) is 6.16. The van der Waals surface area contributed by atoms with E-state index in [1.807, 2.05) is 0 Å². The molecule has 6 saturated carbocycles. The highest BCUT2D eigenvalue weighted by molar-refractivity contribution is 5.86. The molecule has 0 aliphatic heterocycles. The number of ether oxygens (including phenoxy) is 1. The molecule has 6 aliphatic carbocycles. The van der Waals surface area contributed by atoms with Gasteiger partial charge in [0, 0.05) is 6.61 Å². The number of hydrogen-bond acceptors (Lipinski definition) is 3. The quantitative estimate of drug-likeness (QED) is 0.653. The van der Waals surface area contributed by atoms with Gasteiger partial charge in [0.2, 0.25) is 0 Å². The third kappa shape index (κ3) is 0.436. The van der Waals surface area contributed by atoms with E-state index in [0.717, 1.165) is 11.8 Å². The van der Waals surface area contributed by atoms with Crippen LogP contribution in [-0.4, -0.2) is 24.8 Å². The monoisotopic (exact) mass is 206 g/mol. The molecule has 3 nitrogen and oxygen atoms in total. The van der Waals surface area contributed by atoms with Crippen LogP contribution < -0.4 is 0 Å². The minimum Gasteiger partial charge on any atom is -0.469 e. The van der Waals surface area contributed by atoms with Gasteiger partial charge in [-0.1, -0.05) is 0 Å². The number of aliphatic hydroxyl groups excluding tert-OH is 1. The zero-order valence-corrected chi connectivity index (χ0v) is 8.59. The fourth-order valence-corrected chi connectivity index (χ4v) is 6.68. The maximum absolute atomic E-state index is 11.9. The number of rotatable bonds is 2. The van der Waals surface area contributed by atoms with E-state index in [-0.39, 0.29) is 11.4 Å². The van der Waals surface area contributed by atoms with E-state index in [9.17, 15) is 9.90 Å². The molecule has 3 heteroatoms. The van der Waals surface area contributed by atoms with Crippen LogP contribution in [0.15, 0.2) is 0 Å². The first-order valence-corrected chi connectivity index (χ1v) is 5.99. The van der Waals surface area contributed by atoms with Crippen molar-refractivity contribution in [2.24, 2.45) is 52.8 Å². The Balaban J connectivity index is 1.64. The van der Waals surface area contributed by atoms with E-state index in [1.165, 1.54) is 7.11 Å². The SMILES string of the molecule is COC(=O)C12C3C4C3C3C(CO)C4C1C32. The van der Waals surface area contributed by atoms with Crippen molar-refractivity contribution < 1.29 is 14.6 Å². The van der Waals surface area contributed by atoms with Crippen LogP contribution in [0.4, 0.5) is 0 Å². The molecule has 0 amide bonds. The minimum atomic E-state index is -0.0366. The molecule has 6 aliphatic rings. The Morgan fingerprint density at radius 1 is 1.20 bits per heavy atom. The van der Waals surface area contributed by atoms with Crippen LogP contribution in [0.2, 0.25) is 0 Å². The normalized spacial score (nSPS) is 73.5. The highest BCUT2D eigenvalue weighted by atomic mass is 16.5. The summed E-state index contributed by atoms with van der Waals surface area (Å²) >= 11 is 0. The van der Waals surface area contributed by atoms with Gasteiger partial charge >= 0.3 is 5.97 Å². The molecule has 0 spiro atoms. The van der Waals surface area contributed by atoms with Crippen molar-refractivity contribution in [3.8, 4) is 0 Å². The van der Waals surface area contributed by atoms with E-state index in [4.69, 9.17) is 4.74 Å². The van der Waals surface area contributed by atoms with Crippen molar-refractivity contribution in [3.63, 3.8) is 0 Å². The molecule has 6 unspecified atom stereocenters. The predicted octanol–water partition coefficient (Wildman–Crippen LogP) is 0.136. The molecule has 0 aromatic rings. The summed E-state index contributed by atoms with van der Waals surface area (Å²) in [6.07, 6.45) is 0. The molecule has 6 fully saturated rings. The Morgan fingerprint density at radius 3 is 2.27 bits per heavy atom. The molecule has 2 bridgehead atoms. The number of carbonyl (C=O) groups excluding carboxylic acids is 1. The molecule has 1 N–H and O–H groups in total. The summed E-state index contributed by atoms with van der Waals surface area (Å²) in [7, 11) is 1.52. The molecular formula is C12H14O3.